The van der Waals surface area contributed by atoms with Gasteiger partial charge in [-0.3, -0.25) is 0 Å². The van der Waals surface area contributed by atoms with Crippen molar-refractivity contribution in [2.24, 2.45) is 0 Å². The summed E-state index contributed by atoms with van der Waals surface area (Å²) in [5.74, 6) is -9.98. The quantitative estimate of drug-likeness (QED) is 0.188. The van der Waals surface area contributed by atoms with Crippen LogP contribution in [0.3, 0.4) is 0 Å². The molecular formula is C21H6Br3F6N3O3. The Bertz CT molecular complexity index is 1240. The Balaban J connectivity index is 1.79. The lowest BCUT2D eigenvalue weighted by Crippen LogP contribution is -2.05. The number of ether oxygens (including phenoxy) is 3. The average Bonchev–Trinajstić information content (AvgIpc) is 2.76. The van der Waals surface area contributed by atoms with E-state index in [2.05, 4.69) is 62.7 Å². The first-order valence-electron chi connectivity index (χ1n) is 9.23. The van der Waals surface area contributed by atoms with Gasteiger partial charge in [0.05, 0.1) is 0 Å². The molecule has 186 valence electrons. The first-order valence-corrected chi connectivity index (χ1v) is 11.6. The first kappa shape index (κ1) is 26.2. The van der Waals surface area contributed by atoms with E-state index in [1.807, 2.05) is 0 Å². The summed E-state index contributed by atoms with van der Waals surface area (Å²) in [6.07, 6.45) is 0. The topological polar surface area (TPSA) is 66.4 Å². The van der Waals surface area contributed by atoms with Crippen molar-refractivity contribution < 1.29 is 40.6 Å². The van der Waals surface area contributed by atoms with Gasteiger partial charge < -0.3 is 14.2 Å². The normalized spacial score (nSPS) is 10.9. The van der Waals surface area contributed by atoms with E-state index in [1.165, 1.54) is 0 Å². The van der Waals surface area contributed by atoms with E-state index in [4.69, 9.17) is 14.2 Å². The Morgan fingerprint density at radius 3 is 0.806 bits per heavy atom. The second-order valence-corrected chi connectivity index (χ2v) is 9.33. The molecular weight excluding hydrogens is 696 g/mol. The molecule has 4 aromatic rings. The zero-order chi connectivity index (χ0) is 26.1. The largest absolute Gasteiger partial charge is 0.418 e. The monoisotopic (exact) mass is 699 g/mol. The number of rotatable bonds is 6. The third-order valence-electron chi connectivity index (χ3n) is 4.04. The van der Waals surface area contributed by atoms with E-state index >= 15 is 0 Å². The highest BCUT2D eigenvalue weighted by molar-refractivity contribution is 9.11. The van der Waals surface area contributed by atoms with E-state index in [0.29, 0.717) is 0 Å². The molecule has 0 bridgehead atoms. The minimum atomic E-state index is -1.18. The third-order valence-corrected chi connectivity index (χ3v) is 5.42. The minimum absolute atomic E-state index is 0.0518. The molecule has 6 nitrogen and oxygen atoms in total. The van der Waals surface area contributed by atoms with Gasteiger partial charge in [-0.15, -0.1) is 15.0 Å². The summed E-state index contributed by atoms with van der Waals surface area (Å²) < 4.78 is 101. The van der Waals surface area contributed by atoms with Crippen molar-refractivity contribution in [2.75, 3.05) is 0 Å². The highest BCUT2D eigenvalue weighted by atomic mass is 79.9. The maximum Gasteiger partial charge on any atom is 0.331 e. The molecule has 0 saturated carbocycles. The van der Waals surface area contributed by atoms with Crippen molar-refractivity contribution in [1.82, 2.24) is 15.0 Å². The average molecular weight is 702 g/mol. The molecule has 0 fully saturated rings. The molecule has 0 aliphatic rings. The first-order chi connectivity index (χ1) is 17.0. The number of benzene rings is 3. The van der Waals surface area contributed by atoms with Gasteiger partial charge in [-0.1, -0.05) is 47.8 Å². The van der Waals surface area contributed by atoms with Gasteiger partial charge in [0.15, 0.2) is 34.9 Å². The maximum absolute atomic E-state index is 14.2. The Labute approximate surface area is 222 Å². The van der Waals surface area contributed by atoms with Crippen LogP contribution in [0.25, 0.3) is 0 Å². The smallest absolute Gasteiger partial charge is 0.331 e. The Morgan fingerprint density at radius 2 is 0.611 bits per heavy atom. The highest BCUT2D eigenvalue weighted by Gasteiger charge is 2.22. The van der Waals surface area contributed by atoms with Crippen LogP contribution in [0, 0.1) is 34.9 Å². The van der Waals surface area contributed by atoms with Gasteiger partial charge in [-0.2, -0.15) is 0 Å². The fraction of sp³-hybridized carbons (Fsp3) is 0. The van der Waals surface area contributed by atoms with Crippen LogP contribution in [-0.4, -0.2) is 15.0 Å². The molecule has 3 aromatic carbocycles. The van der Waals surface area contributed by atoms with E-state index < -0.39 is 70.2 Å². The van der Waals surface area contributed by atoms with E-state index in [0.717, 1.165) is 36.4 Å². The molecule has 0 atom stereocenters. The molecule has 0 saturated heterocycles. The molecule has 36 heavy (non-hydrogen) atoms. The van der Waals surface area contributed by atoms with Crippen LogP contribution in [0.4, 0.5) is 26.3 Å². The van der Waals surface area contributed by atoms with Gasteiger partial charge in [-0.25, -0.2) is 26.3 Å². The second kappa shape index (κ2) is 10.6. The van der Waals surface area contributed by atoms with Crippen LogP contribution in [0.15, 0.2) is 49.8 Å². The molecule has 0 aliphatic carbocycles. The van der Waals surface area contributed by atoms with Crippen LogP contribution in [0.2, 0.25) is 0 Å². The van der Waals surface area contributed by atoms with Crippen molar-refractivity contribution >= 4 is 47.8 Å². The predicted molar refractivity (Wildman–Crippen MR) is 122 cm³/mol. The lowest BCUT2D eigenvalue weighted by Gasteiger charge is -2.12. The summed E-state index contributed by atoms with van der Waals surface area (Å²) in [6.45, 7) is 0. The summed E-state index contributed by atoms with van der Waals surface area (Å²) in [5, 5.41) is 0. The van der Waals surface area contributed by atoms with Gasteiger partial charge in [0.2, 0.25) is 17.2 Å². The number of aromatic nitrogens is 3. The molecule has 0 unspecified atom stereocenters. The summed E-state index contributed by atoms with van der Waals surface area (Å²) in [4.78, 5) is 10.8. The van der Waals surface area contributed by atoms with E-state index in [-0.39, 0.29) is 13.4 Å². The van der Waals surface area contributed by atoms with Crippen molar-refractivity contribution in [3.8, 4) is 35.3 Å². The van der Waals surface area contributed by atoms with Gasteiger partial charge in [0.1, 0.15) is 0 Å². The van der Waals surface area contributed by atoms with Gasteiger partial charge in [0, 0.05) is 13.4 Å². The SMILES string of the molecule is Fc1cc(Br)cc(F)c1Oc1nc(Oc2c(F)cc(Br)cc2F)nc(Oc2c(F)cc(Br)cc2F)n1. The number of nitrogens with zero attached hydrogens (tertiary/aromatic N) is 3. The molecule has 4 rings (SSSR count). The van der Waals surface area contributed by atoms with Gasteiger partial charge in [0.25, 0.3) is 0 Å². The molecule has 0 amide bonds. The van der Waals surface area contributed by atoms with Crippen LogP contribution >= 0.6 is 47.8 Å². The predicted octanol–water partition coefficient (Wildman–Crippen LogP) is 8.37. The molecule has 1 heterocycles. The van der Waals surface area contributed by atoms with E-state index in [1.54, 1.807) is 0 Å². The lowest BCUT2D eigenvalue weighted by molar-refractivity contribution is 0.322. The van der Waals surface area contributed by atoms with Crippen molar-refractivity contribution in [2.45, 2.75) is 0 Å². The van der Waals surface area contributed by atoms with Gasteiger partial charge >= 0.3 is 18.0 Å². The fourth-order valence-corrected chi connectivity index (χ4v) is 3.82. The zero-order valence-corrected chi connectivity index (χ0v) is 21.7. The van der Waals surface area contributed by atoms with Crippen LogP contribution in [-0.2, 0) is 0 Å². The van der Waals surface area contributed by atoms with Crippen LogP contribution in [0.5, 0.6) is 35.3 Å². The number of hydrogen-bond acceptors (Lipinski definition) is 6. The second-order valence-electron chi connectivity index (χ2n) is 6.58. The maximum atomic E-state index is 14.2. The van der Waals surface area contributed by atoms with Crippen molar-refractivity contribution in [3.05, 3.63) is 84.7 Å². The molecule has 15 heteroatoms. The molecule has 0 spiro atoms. The summed E-state index contributed by atoms with van der Waals surface area (Å²) in [6, 6.07) is 2.52. The fourth-order valence-electron chi connectivity index (χ4n) is 2.61. The summed E-state index contributed by atoms with van der Waals surface area (Å²) in [5.41, 5.74) is 0. The Kier molecular flexibility index (Phi) is 7.70. The highest BCUT2D eigenvalue weighted by Crippen LogP contribution is 2.34. The van der Waals surface area contributed by atoms with Crippen LogP contribution in [0.1, 0.15) is 0 Å². The van der Waals surface area contributed by atoms with Crippen molar-refractivity contribution in [1.29, 1.82) is 0 Å². The third kappa shape index (κ3) is 5.90. The van der Waals surface area contributed by atoms with Crippen molar-refractivity contribution in [3.63, 3.8) is 0 Å². The standard InChI is InChI=1S/C21H6Br3F6N3O3/c22-7-1-10(25)16(11(26)2-7)34-19-31-20(35-17-12(27)3-8(23)4-13(17)28)33-21(32-19)36-18-14(29)5-9(24)6-15(18)30/h1-6H. The van der Waals surface area contributed by atoms with Gasteiger partial charge in [-0.05, 0) is 36.4 Å². The van der Waals surface area contributed by atoms with E-state index in [9.17, 15) is 26.3 Å². The molecule has 1 aromatic heterocycles. The number of hydrogen-bond donors (Lipinski definition) is 0. The molecule has 0 radical (unpaired) electrons. The minimum Gasteiger partial charge on any atom is -0.418 e. The molecule has 0 aliphatic heterocycles. The molecule has 0 N–H and O–H groups in total. The Hall–Kier alpha value is -2.91. The lowest BCUT2D eigenvalue weighted by atomic mass is 10.3. The number of halogens is 9. The van der Waals surface area contributed by atoms with Crippen LogP contribution < -0.4 is 14.2 Å². The summed E-state index contributed by atoms with van der Waals surface area (Å²) >= 11 is 8.70. The summed E-state index contributed by atoms with van der Waals surface area (Å²) in [7, 11) is 0. The Morgan fingerprint density at radius 1 is 0.417 bits per heavy atom. The zero-order valence-electron chi connectivity index (χ0n) is 16.9.